The van der Waals surface area contributed by atoms with Crippen molar-refractivity contribution < 1.29 is 4.79 Å². The molecule has 0 saturated heterocycles. The van der Waals surface area contributed by atoms with E-state index in [1.165, 1.54) is 0 Å². The minimum atomic E-state index is -0.455. The van der Waals surface area contributed by atoms with Crippen molar-refractivity contribution in [2.24, 2.45) is 4.99 Å². The molecule has 0 aromatic rings. The molecule has 0 aliphatic carbocycles. The molecule has 3 heteroatoms. The molecule has 1 heterocycles. The van der Waals surface area contributed by atoms with Crippen molar-refractivity contribution >= 4 is 11.7 Å². The lowest BCUT2D eigenvalue weighted by Crippen LogP contribution is -2.38. The van der Waals surface area contributed by atoms with Gasteiger partial charge in [0.1, 0.15) is 11.4 Å². The lowest BCUT2D eigenvalue weighted by atomic mass is 9.94. The van der Waals surface area contributed by atoms with Crippen LogP contribution in [0.3, 0.4) is 0 Å². The highest BCUT2D eigenvalue weighted by atomic mass is 16.2. The first-order valence-corrected chi connectivity index (χ1v) is 5.58. The Labute approximate surface area is 86.0 Å². The van der Waals surface area contributed by atoms with E-state index < -0.39 is 5.54 Å². The average molecular weight is 196 g/mol. The second kappa shape index (κ2) is 4.58. The van der Waals surface area contributed by atoms with Crippen LogP contribution in [-0.4, -0.2) is 17.3 Å². The van der Waals surface area contributed by atoms with Gasteiger partial charge in [-0.2, -0.15) is 0 Å². The molecule has 3 nitrogen and oxygen atoms in total. The molecule has 0 spiro atoms. The lowest BCUT2D eigenvalue weighted by Gasteiger charge is -2.18. The van der Waals surface area contributed by atoms with Crippen LogP contribution in [0.25, 0.3) is 0 Å². The summed E-state index contributed by atoms with van der Waals surface area (Å²) in [5.74, 6) is 0.981. The Bertz CT molecular complexity index is 242. The fourth-order valence-electron chi connectivity index (χ4n) is 1.78. The highest BCUT2D eigenvalue weighted by Crippen LogP contribution is 2.25. The molecule has 1 aliphatic heterocycles. The zero-order chi connectivity index (χ0) is 10.6. The Morgan fingerprint density at radius 3 is 2.36 bits per heavy atom. The van der Waals surface area contributed by atoms with Crippen molar-refractivity contribution in [2.75, 3.05) is 0 Å². The first-order valence-electron chi connectivity index (χ1n) is 5.58. The molecular weight excluding hydrogens is 176 g/mol. The van der Waals surface area contributed by atoms with Gasteiger partial charge in [-0.25, -0.2) is 0 Å². The van der Waals surface area contributed by atoms with Crippen LogP contribution in [0, 0.1) is 0 Å². The van der Waals surface area contributed by atoms with E-state index in [1.54, 1.807) is 0 Å². The number of amides is 1. The Hall–Kier alpha value is -0.860. The second-order valence-corrected chi connectivity index (χ2v) is 3.85. The summed E-state index contributed by atoms with van der Waals surface area (Å²) in [6.07, 6.45) is 4.74. The molecule has 1 rings (SSSR count). The SMILES string of the molecule is CCCCC1=NC(CC)(CC)C(=O)N1. The summed E-state index contributed by atoms with van der Waals surface area (Å²) < 4.78 is 0. The number of unbranched alkanes of at least 4 members (excludes halogenated alkanes) is 1. The number of nitrogens with zero attached hydrogens (tertiary/aromatic N) is 1. The van der Waals surface area contributed by atoms with E-state index in [2.05, 4.69) is 17.2 Å². The number of carbonyl (C=O) groups excluding carboxylic acids is 1. The summed E-state index contributed by atoms with van der Waals surface area (Å²) in [4.78, 5) is 16.2. The van der Waals surface area contributed by atoms with Gasteiger partial charge in [0.2, 0.25) is 0 Å². The van der Waals surface area contributed by atoms with Gasteiger partial charge in [-0.1, -0.05) is 27.2 Å². The van der Waals surface area contributed by atoms with E-state index in [4.69, 9.17) is 0 Å². The van der Waals surface area contributed by atoms with Gasteiger partial charge in [0.25, 0.3) is 5.91 Å². The zero-order valence-electron chi connectivity index (χ0n) is 9.39. The molecule has 14 heavy (non-hydrogen) atoms. The van der Waals surface area contributed by atoms with Crippen LogP contribution in [0.2, 0.25) is 0 Å². The standard InChI is InChI=1S/C11H20N2O/c1-4-7-8-9-12-10(14)11(5-2,6-3)13-9/h4-8H2,1-3H3,(H,12,13,14). The topological polar surface area (TPSA) is 41.5 Å². The predicted octanol–water partition coefficient (Wildman–Crippen LogP) is 2.26. The molecule has 1 amide bonds. The first kappa shape index (κ1) is 11.2. The van der Waals surface area contributed by atoms with Gasteiger partial charge in [-0.05, 0) is 19.3 Å². The van der Waals surface area contributed by atoms with Gasteiger partial charge < -0.3 is 5.32 Å². The molecule has 0 aromatic heterocycles. The smallest absolute Gasteiger partial charge is 0.253 e. The minimum absolute atomic E-state index is 0.0913. The zero-order valence-corrected chi connectivity index (χ0v) is 9.39. The number of amidine groups is 1. The van der Waals surface area contributed by atoms with E-state index in [-0.39, 0.29) is 5.91 Å². The predicted molar refractivity (Wildman–Crippen MR) is 58.4 cm³/mol. The number of hydrogen-bond acceptors (Lipinski definition) is 2. The molecule has 0 atom stereocenters. The third-order valence-corrected chi connectivity index (χ3v) is 2.97. The average Bonchev–Trinajstić information content (AvgIpc) is 2.53. The van der Waals surface area contributed by atoms with Gasteiger partial charge in [-0.3, -0.25) is 9.79 Å². The first-order chi connectivity index (χ1) is 6.68. The van der Waals surface area contributed by atoms with Crippen molar-refractivity contribution in [2.45, 2.75) is 58.4 Å². The van der Waals surface area contributed by atoms with Crippen molar-refractivity contribution in [3.05, 3.63) is 0 Å². The Kier molecular flexibility index (Phi) is 3.67. The summed E-state index contributed by atoms with van der Waals surface area (Å²) >= 11 is 0. The molecule has 0 saturated carbocycles. The van der Waals surface area contributed by atoms with Gasteiger partial charge >= 0.3 is 0 Å². The van der Waals surface area contributed by atoms with Crippen LogP contribution in [0.4, 0.5) is 0 Å². The largest absolute Gasteiger partial charge is 0.312 e. The number of carbonyl (C=O) groups is 1. The highest BCUT2D eigenvalue weighted by molar-refractivity contribution is 6.08. The maximum Gasteiger partial charge on any atom is 0.253 e. The molecule has 0 bridgehead atoms. The fourth-order valence-corrected chi connectivity index (χ4v) is 1.78. The maximum absolute atomic E-state index is 11.7. The second-order valence-electron chi connectivity index (χ2n) is 3.85. The van der Waals surface area contributed by atoms with Crippen molar-refractivity contribution in [3.8, 4) is 0 Å². The van der Waals surface area contributed by atoms with Crippen molar-refractivity contribution in [1.29, 1.82) is 0 Å². The monoisotopic (exact) mass is 196 g/mol. The van der Waals surface area contributed by atoms with Crippen molar-refractivity contribution in [3.63, 3.8) is 0 Å². The van der Waals surface area contributed by atoms with E-state index >= 15 is 0 Å². The van der Waals surface area contributed by atoms with Crippen LogP contribution < -0.4 is 5.32 Å². The summed E-state index contributed by atoms with van der Waals surface area (Å²) in [5.41, 5.74) is -0.455. The molecule has 0 radical (unpaired) electrons. The quantitative estimate of drug-likeness (QED) is 0.720. The van der Waals surface area contributed by atoms with E-state index in [1.807, 2.05) is 13.8 Å². The Morgan fingerprint density at radius 2 is 1.93 bits per heavy atom. The molecule has 1 N–H and O–H groups in total. The number of nitrogens with one attached hydrogen (secondary N) is 1. The summed E-state index contributed by atoms with van der Waals surface area (Å²) in [5, 5.41) is 2.89. The van der Waals surface area contributed by atoms with Crippen molar-refractivity contribution in [1.82, 2.24) is 5.32 Å². The highest BCUT2D eigenvalue weighted by Gasteiger charge is 2.39. The van der Waals surface area contributed by atoms with Crippen LogP contribution in [-0.2, 0) is 4.79 Å². The van der Waals surface area contributed by atoms with Crippen LogP contribution >= 0.6 is 0 Å². The molecular formula is C11H20N2O. The molecule has 0 unspecified atom stereocenters. The summed E-state index contributed by atoms with van der Waals surface area (Å²) in [6.45, 7) is 6.19. The number of rotatable bonds is 5. The molecule has 0 aromatic carbocycles. The number of aliphatic imine (C=N–C) groups is 1. The van der Waals surface area contributed by atoms with E-state index in [0.29, 0.717) is 0 Å². The Morgan fingerprint density at radius 1 is 1.29 bits per heavy atom. The normalized spacial score (nSPS) is 19.4. The molecule has 0 fully saturated rings. The maximum atomic E-state index is 11.7. The molecule has 80 valence electrons. The Balaban J connectivity index is 2.69. The third-order valence-electron chi connectivity index (χ3n) is 2.97. The van der Waals surface area contributed by atoms with Crippen LogP contribution in [0.15, 0.2) is 4.99 Å². The van der Waals surface area contributed by atoms with Crippen LogP contribution in [0.5, 0.6) is 0 Å². The summed E-state index contributed by atoms with van der Waals surface area (Å²) in [7, 11) is 0. The van der Waals surface area contributed by atoms with E-state index in [0.717, 1.165) is 37.9 Å². The fraction of sp³-hybridized carbons (Fsp3) is 0.818. The van der Waals surface area contributed by atoms with Gasteiger partial charge in [-0.15, -0.1) is 0 Å². The number of hydrogen-bond donors (Lipinski definition) is 1. The molecule has 1 aliphatic rings. The van der Waals surface area contributed by atoms with Gasteiger partial charge in [0.15, 0.2) is 0 Å². The van der Waals surface area contributed by atoms with E-state index in [9.17, 15) is 4.79 Å². The third kappa shape index (κ3) is 1.97. The lowest BCUT2D eigenvalue weighted by molar-refractivity contribution is -0.123. The summed E-state index contributed by atoms with van der Waals surface area (Å²) in [6, 6.07) is 0. The van der Waals surface area contributed by atoms with Gasteiger partial charge in [0.05, 0.1) is 0 Å². The minimum Gasteiger partial charge on any atom is -0.312 e. The van der Waals surface area contributed by atoms with Gasteiger partial charge in [0, 0.05) is 6.42 Å². The van der Waals surface area contributed by atoms with Crippen LogP contribution in [0.1, 0.15) is 52.9 Å².